The molecule has 136 valence electrons. The molecule has 1 atom stereocenters. The first kappa shape index (κ1) is 17.9. The number of aliphatic carboxylic acids is 1. The molecule has 1 amide bonds. The Morgan fingerprint density at radius 3 is 2.50 bits per heavy atom. The van der Waals surface area contributed by atoms with Gasteiger partial charge in [0.25, 0.3) is 5.91 Å². The number of amides is 1. The lowest BCUT2D eigenvalue weighted by Gasteiger charge is -2.31. The monoisotopic (exact) mass is 359 g/mol. The number of carboxylic acid groups (broad SMARTS) is 1. The molecule has 1 aliphatic rings. The number of ether oxygens (including phenoxy) is 2. The van der Waals surface area contributed by atoms with Gasteiger partial charge >= 0.3 is 5.97 Å². The van der Waals surface area contributed by atoms with Crippen LogP contribution in [0.2, 0.25) is 0 Å². The Hall–Kier alpha value is -2.93. The highest BCUT2D eigenvalue weighted by Crippen LogP contribution is 2.25. The van der Waals surface area contributed by atoms with Crippen LogP contribution >= 0.6 is 0 Å². The van der Waals surface area contributed by atoms with Gasteiger partial charge in [0.15, 0.2) is 6.10 Å². The number of carboxylic acids is 1. The van der Waals surface area contributed by atoms with Crippen molar-refractivity contribution in [2.75, 3.05) is 26.8 Å². The summed E-state index contributed by atoms with van der Waals surface area (Å²) in [6, 6.07) is 11.5. The van der Waals surface area contributed by atoms with Crippen LogP contribution in [0.1, 0.15) is 10.4 Å². The standard InChI is InChI=1S/C19H18FNO5/c1-25-14-5-2-12(3-6-14)13-4-7-15(16(20)10-13)18(22)21-8-9-26-17(11-21)19(23)24/h2-7,10,17H,8-9,11H2,1H3,(H,23,24)/t17-/m0/s1. The van der Waals surface area contributed by atoms with Crippen molar-refractivity contribution in [3.05, 3.63) is 53.8 Å². The number of nitrogens with zero attached hydrogens (tertiary/aromatic N) is 1. The van der Waals surface area contributed by atoms with E-state index in [0.717, 1.165) is 5.56 Å². The maximum absolute atomic E-state index is 14.5. The highest BCUT2D eigenvalue weighted by Gasteiger charge is 2.30. The molecule has 1 heterocycles. The third kappa shape index (κ3) is 3.67. The number of carbonyl (C=O) groups excluding carboxylic acids is 1. The predicted molar refractivity (Wildman–Crippen MR) is 91.7 cm³/mol. The van der Waals surface area contributed by atoms with Crippen LogP contribution in [0.4, 0.5) is 4.39 Å². The fourth-order valence-electron chi connectivity index (χ4n) is 2.81. The highest BCUT2D eigenvalue weighted by atomic mass is 19.1. The average Bonchev–Trinajstić information content (AvgIpc) is 2.67. The van der Waals surface area contributed by atoms with Crippen molar-refractivity contribution in [1.82, 2.24) is 4.90 Å². The van der Waals surface area contributed by atoms with Gasteiger partial charge in [0.05, 0.1) is 25.8 Å². The lowest BCUT2D eigenvalue weighted by Crippen LogP contribution is -2.48. The summed E-state index contributed by atoms with van der Waals surface area (Å²) in [7, 11) is 1.57. The summed E-state index contributed by atoms with van der Waals surface area (Å²) in [4.78, 5) is 24.9. The summed E-state index contributed by atoms with van der Waals surface area (Å²) in [5, 5.41) is 9.02. The minimum absolute atomic E-state index is 0.0895. The van der Waals surface area contributed by atoms with E-state index in [4.69, 9.17) is 14.6 Å². The van der Waals surface area contributed by atoms with Crippen LogP contribution in [0.5, 0.6) is 5.75 Å². The Morgan fingerprint density at radius 2 is 1.88 bits per heavy atom. The number of benzene rings is 2. The van der Waals surface area contributed by atoms with Gasteiger partial charge in [-0.25, -0.2) is 9.18 Å². The Kier molecular flexibility index (Phi) is 5.18. The van der Waals surface area contributed by atoms with E-state index in [-0.39, 0.29) is 25.3 Å². The molecule has 3 rings (SSSR count). The first-order valence-corrected chi connectivity index (χ1v) is 8.07. The van der Waals surface area contributed by atoms with Crippen LogP contribution in [0.25, 0.3) is 11.1 Å². The first-order chi connectivity index (χ1) is 12.5. The molecule has 0 aromatic heterocycles. The molecule has 1 N–H and O–H groups in total. The number of rotatable bonds is 4. The molecule has 26 heavy (non-hydrogen) atoms. The summed E-state index contributed by atoms with van der Waals surface area (Å²) in [5.41, 5.74) is 1.33. The van der Waals surface area contributed by atoms with Gasteiger partial charge in [0.1, 0.15) is 11.6 Å². The molecule has 0 unspecified atom stereocenters. The SMILES string of the molecule is COc1ccc(-c2ccc(C(=O)N3CCO[C@H](C(=O)O)C3)c(F)c2)cc1. The van der Waals surface area contributed by atoms with Gasteiger partial charge in [-0.1, -0.05) is 18.2 Å². The molecule has 2 aromatic rings. The molecule has 0 saturated carbocycles. The second-order valence-corrected chi connectivity index (χ2v) is 5.87. The molecule has 0 aliphatic carbocycles. The van der Waals surface area contributed by atoms with Gasteiger partial charge in [-0.2, -0.15) is 0 Å². The summed E-state index contributed by atoms with van der Waals surface area (Å²) in [6.07, 6.45) is -1.09. The van der Waals surface area contributed by atoms with Gasteiger partial charge in [0.2, 0.25) is 0 Å². The zero-order chi connectivity index (χ0) is 18.7. The number of hydrogen-bond donors (Lipinski definition) is 1. The summed E-state index contributed by atoms with van der Waals surface area (Å²) in [5.74, 6) is -1.64. The van der Waals surface area contributed by atoms with E-state index in [1.54, 1.807) is 37.4 Å². The minimum atomic E-state index is -1.14. The normalized spacial score (nSPS) is 17.0. The topological polar surface area (TPSA) is 76.1 Å². The second kappa shape index (κ2) is 7.53. The maximum Gasteiger partial charge on any atom is 0.334 e. The fourth-order valence-corrected chi connectivity index (χ4v) is 2.81. The molecule has 0 radical (unpaired) electrons. The average molecular weight is 359 g/mol. The molecule has 2 aromatic carbocycles. The van der Waals surface area contributed by atoms with E-state index in [0.29, 0.717) is 11.3 Å². The predicted octanol–water partition coefficient (Wildman–Crippen LogP) is 2.43. The lowest BCUT2D eigenvalue weighted by molar-refractivity contribution is -0.154. The van der Waals surface area contributed by atoms with Crippen molar-refractivity contribution in [3.63, 3.8) is 0 Å². The summed E-state index contributed by atoms with van der Waals surface area (Å²) < 4.78 is 24.7. The largest absolute Gasteiger partial charge is 0.497 e. The summed E-state index contributed by atoms with van der Waals surface area (Å²) in [6.45, 7) is 0.227. The zero-order valence-electron chi connectivity index (χ0n) is 14.1. The number of hydrogen-bond acceptors (Lipinski definition) is 4. The Labute approximate surface area is 149 Å². The lowest BCUT2D eigenvalue weighted by atomic mass is 10.0. The number of halogens is 1. The van der Waals surface area contributed by atoms with Crippen molar-refractivity contribution in [2.24, 2.45) is 0 Å². The Morgan fingerprint density at radius 1 is 1.19 bits per heavy atom. The van der Waals surface area contributed by atoms with E-state index in [2.05, 4.69) is 0 Å². The van der Waals surface area contributed by atoms with Gasteiger partial charge in [-0.15, -0.1) is 0 Å². The third-order valence-electron chi connectivity index (χ3n) is 4.25. The molecule has 0 spiro atoms. The molecule has 7 heteroatoms. The number of morpholine rings is 1. The molecule has 1 fully saturated rings. The first-order valence-electron chi connectivity index (χ1n) is 8.07. The Balaban J connectivity index is 1.80. The zero-order valence-corrected chi connectivity index (χ0v) is 14.1. The van der Waals surface area contributed by atoms with Crippen molar-refractivity contribution >= 4 is 11.9 Å². The Bertz CT molecular complexity index is 821. The molecule has 6 nitrogen and oxygen atoms in total. The van der Waals surface area contributed by atoms with Crippen LogP contribution in [-0.2, 0) is 9.53 Å². The minimum Gasteiger partial charge on any atom is -0.497 e. The van der Waals surface area contributed by atoms with Gasteiger partial charge in [-0.3, -0.25) is 4.79 Å². The van der Waals surface area contributed by atoms with Crippen LogP contribution in [-0.4, -0.2) is 54.8 Å². The molecule has 1 saturated heterocycles. The van der Waals surface area contributed by atoms with E-state index < -0.39 is 23.8 Å². The van der Waals surface area contributed by atoms with Crippen molar-refractivity contribution in [2.45, 2.75) is 6.10 Å². The molecule has 1 aliphatic heterocycles. The number of methoxy groups -OCH3 is 1. The van der Waals surface area contributed by atoms with Crippen LogP contribution in [0.15, 0.2) is 42.5 Å². The second-order valence-electron chi connectivity index (χ2n) is 5.87. The van der Waals surface area contributed by atoms with Gasteiger partial charge < -0.3 is 19.5 Å². The molecular weight excluding hydrogens is 341 g/mol. The van der Waals surface area contributed by atoms with E-state index in [9.17, 15) is 14.0 Å². The van der Waals surface area contributed by atoms with E-state index >= 15 is 0 Å². The summed E-state index contributed by atoms with van der Waals surface area (Å²) >= 11 is 0. The van der Waals surface area contributed by atoms with E-state index in [1.807, 2.05) is 0 Å². The van der Waals surface area contributed by atoms with Crippen LogP contribution in [0.3, 0.4) is 0 Å². The van der Waals surface area contributed by atoms with E-state index in [1.165, 1.54) is 17.0 Å². The molecular formula is C19H18FNO5. The molecule has 0 bridgehead atoms. The third-order valence-corrected chi connectivity index (χ3v) is 4.25. The maximum atomic E-state index is 14.5. The quantitative estimate of drug-likeness (QED) is 0.907. The van der Waals surface area contributed by atoms with Crippen molar-refractivity contribution < 1.29 is 28.6 Å². The smallest absolute Gasteiger partial charge is 0.334 e. The number of carbonyl (C=O) groups is 2. The van der Waals surface area contributed by atoms with Crippen LogP contribution < -0.4 is 4.74 Å². The van der Waals surface area contributed by atoms with Crippen LogP contribution in [0, 0.1) is 5.82 Å². The van der Waals surface area contributed by atoms with Gasteiger partial charge in [0, 0.05) is 6.54 Å². The van der Waals surface area contributed by atoms with Gasteiger partial charge in [-0.05, 0) is 35.4 Å². The fraction of sp³-hybridized carbons (Fsp3) is 0.263. The highest BCUT2D eigenvalue weighted by molar-refractivity contribution is 5.95. The van der Waals surface area contributed by atoms with Crippen molar-refractivity contribution in [1.29, 1.82) is 0 Å². The van der Waals surface area contributed by atoms with Crippen molar-refractivity contribution in [3.8, 4) is 16.9 Å².